The van der Waals surface area contributed by atoms with Crippen molar-refractivity contribution in [3.63, 3.8) is 0 Å². The number of ether oxygens (including phenoxy) is 1. The van der Waals surface area contributed by atoms with Crippen molar-refractivity contribution >= 4 is 11.6 Å². The van der Waals surface area contributed by atoms with E-state index in [1.54, 1.807) is 24.3 Å². The number of nitrogens with zero attached hydrogens (tertiary/aromatic N) is 2. The van der Waals surface area contributed by atoms with Crippen LogP contribution in [-0.4, -0.2) is 14.9 Å². The number of halogens is 8. The summed E-state index contributed by atoms with van der Waals surface area (Å²) in [6.07, 6.45) is -9.78. The quantitative estimate of drug-likeness (QED) is 0.260. The summed E-state index contributed by atoms with van der Waals surface area (Å²) in [6, 6.07) is 11.7. The average molecular weight is 545 g/mol. The van der Waals surface area contributed by atoms with Crippen molar-refractivity contribution in [1.82, 2.24) is 9.78 Å². The Kier molecular flexibility index (Phi) is 6.85. The summed E-state index contributed by atoms with van der Waals surface area (Å²) in [6.45, 7) is -0.0852. The first-order valence-corrected chi connectivity index (χ1v) is 10.9. The Morgan fingerprint density at radius 2 is 1.59 bits per heavy atom. The number of phenolic OH excluding ortho intramolecular Hbond substituents is 1. The Bertz CT molecular complexity index is 1450. The second-order valence-corrected chi connectivity index (χ2v) is 8.42. The Labute approximate surface area is 210 Å². The number of aryl methyl sites for hydroxylation is 1. The first-order valence-electron chi connectivity index (χ1n) is 10.5. The number of aromatic nitrogens is 2. The summed E-state index contributed by atoms with van der Waals surface area (Å²) in [5, 5.41) is 15.3. The SMILES string of the molecule is Cn1nc(-c2ccc(OCc3ccc(Cl)cc3)c(-c3ccc(F)c(C(F)(F)F)c3)c2O)cc1C(F)(F)F. The molecular formula is C25H16ClF7N2O2. The van der Waals surface area contributed by atoms with Crippen LogP contribution >= 0.6 is 11.6 Å². The molecule has 0 saturated heterocycles. The predicted molar refractivity (Wildman–Crippen MR) is 121 cm³/mol. The lowest BCUT2D eigenvalue weighted by Gasteiger charge is -2.17. The fourth-order valence-electron chi connectivity index (χ4n) is 3.68. The van der Waals surface area contributed by atoms with E-state index in [0.717, 1.165) is 13.1 Å². The third kappa shape index (κ3) is 5.51. The van der Waals surface area contributed by atoms with E-state index in [1.165, 1.54) is 12.1 Å². The van der Waals surface area contributed by atoms with Gasteiger partial charge >= 0.3 is 12.4 Å². The number of hydrogen-bond donors (Lipinski definition) is 1. The summed E-state index contributed by atoms with van der Waals surface area (Å²) >= 11 is 5.86. The lowest BCUT2D eigenvalue weighted by molar-refractivity contribution is -0.143. The van der Waals surface area contributed by atoms with Gasteiger partial charge in [-0.05, 0) is 53.6 Å². The number of alkyl halides is 6. The fraction of sp³-hybridized carbons (Fsp3) is 0.160. The highest BCUT2D eigenvalue weighted by Crippen LogP contribution is 2.46. The minimum atomic E-state index is -5.04. The molecule has 1 heterocycles. The van der Waals surface area contributed by atoms with Gasteiger partial charge in [-0.25, -0.2) is 4.39 Å². The van der Waals surface area contributed by atoms with Crippen molar-refractivity contribution in [3.05, 3.63) is 88.3 Å². The van der Waals surface area contributed by atoms with Gasteiger partial charge in [0, 0.05) is 17.6 Å². The Morgan fingerprint density at radius 1 is 0.919 bits per heavy atom. The maximum Gasteiger partial charge on any atom is 0.433 e. The van der Waals surface area contributed by atoms with Crippen LogP contribution in [0.25, 0.3) is 22.4 Å². The highest BCUT2D eigenvalue weighted by atomic mass is 35.5. The minimum Gasteiger partial charge on any atom is -0.506 e. The lowest BCUT2D eigenvalue weighted by Crippen LogP contribution is -2.11. The third-order valence-corrected chi connectivity index (χ3v) is 5.71. The second kappa shape index (κ2) is 9.62. The topological polar surface area (TPSA) is 47.3 Å². The van der Waals surface area contributed by atoms with Crippen molar-refractivity contribution in [1.29, 1.82) is 0 Å². The van der Waals surface area contributed by atoms with Gasteiger partial charge in [0.25, 0.3) is 0 Å². The van der Waals surface area contributed by atoms with Gasteiger partial charge in [0.2, 0.25) is 0 Å². The summed E-state index contributed by atoms with van der Waals surface area (Å²) in [7, 11) is 1.06. The molecule has 1 aromatic heterocycles. The van der Waals surface area contributed by atoms with Crippen LogP contribution in [0.4, 0.5) is 30.7 Å². The molecule has 37 heavy (non-hydrogen) atoms. The van der Waals surface area contributed by atoms with Gasteiger partial charge in [0.05, 0.1) is 16.8 Å². The van der Waals surface area contributed by atoms with Crippen LogP contribution in [0.15, 0.2) is 60.7 Å². The number of rotatable bonds is 5. The summed E-state index contributed by atoms with van der Waals surface area (Å²) in [4.78, 5) is 0. The van der Waals surface area contributed by atoms with E-state index in [2.05, 4.69) is 5.10 Å². The normalized spacial score (nSPS) is 12.1. The molecule has 0 atom stereocenters. The van der Waals surface area contributed by atoms with E-state index in [4.69, 9.17) is 16.3 Å². The summed E-state index contributed by atoms with van der Waals surface area (Å²) < 4.78 is 100. The molecule has 12 heteroatoms. The zero-order valence-corrected chi connectivity index (χ0v) is 19.5. The van der Waals surface area contributed by atoms with Gasteiger partial charge in [0.15, 0.2) is 0 Å². The zero-order chi connectivity index (χ0) is 27.1. The van der Waals surface area contributed by atoms with Gasteiger partial charge in [-0.3, -0.25) is 4.68 Å². The Balaban J connectivity index is 1.86. The van der Waals surface area contributed by atoms with Crippen LogP contribution in [0.1, 0.15) is 16.8 Å². The first kappa shape index (κ1) is 26.3. The van der Waals surface area contributed by atoms with E-state index in [-0.39, 0.29) is 34.7 Å². The number of hydrogen-bond acceptors (Lipinski definition) is 3. The smallest absolute Gasteiger partial charge is 0.433 e. The molecule has 0 aliphatic carbocycles. The van der Waals surface area contributed by atoms with Gasteiger partial charge < -0.3 is 9.84 Å². The standard InChI is InChI=1S/C25H16ClF7N2O2/c1-35-21(25(31,32)33)11-19(34-35)16-7-9-20(37-12-13-2-5-15(26)6-3-13)22(23(16)36)14-4-8-18(27)17(10-14)24(28,29)30/h2-11,36H,12H2,1H3. The molecule has 194 valence electrons. The predicted octanol–water partition coefficient (Wildman–Crippen LogP) is 7.87. The van der Waals surface area contributed by atoms with Crippen molar-refractivity contribution in [2.45, 2.75) is 19.0 Å². The zero-order valence-electron chi connectivity index (χ0n) is 18.8. The van der Waals surface area contributed by atoms with Crippen molar-refractivity contribution in [3.8, 4) is 33.9 Å². The Morgan fingerprint density at radius 3 is 2.19 bits per heavy atom. The van der Waals surface area contributed by atoms with Gasteiger partial charge in [0.1, 0.15) is 29.6 Å². The van der Waals surface area contributed by atoms with Gasteiger partial charge in [-0.15, -0.1) is 0 Å². The van der Waals surface area contributed by atoms with Gasteiger partial charge in [-0.2, -0.15) is 31.4 Å². The molecule has 0 spiro atoms. The molecule has 4 nitrogen and oxygen atoms in total. The number of aromatic hydroxyl groups is 1. The second-order valence-electron chi connectivity index (χ2n) is 7.98. The molecule has 0 unspecified atom stereocenters. The van der Waals surface area contributed by atoms with Crippen LogP contribution in [0.5, 0.6) is 11.5 Å². The number of benzene rings is 3. The van der Waals surface area contributed by atoms with E-state index >= 15 is 0 Å². The maximum absolute atomic E-state index is 13.9. The summed E-state index contributed by atoms with van der Waals surface area (Å²) in [5.74, 6) is -2.32. The molecule has 1 N–H and O–H groups in total. The van der Waals surface area contributed by atoms with Crippen molar-refractivity contribution in [2.75, 3.05) is 0 Å². The molecule has 3 aromatic carbocycles. The molecule has 0 fully saturated rings. The largest absolute Gasteiger partial charge is 0.506 e. The van der Waals surface area contributed by atoms with E-state index < -0.39 is 35.2 Å². The minimum absolute atomic E-state index is 0.0852. The molecule has 0 aliphatic rings. The lowest BCUT2D eigenvalue weighted by atomic mass is 9.96. The third-order valence-electron chi connectivity index (χ3n) is 5.45. The molecule has 4 aromatic rings. The summed E-state index contributed by atoms with van der Waals surface area (Å²) in [5.41, 5.74) is -3.09. The number of phenols is 1. The highest BCUT2D eigenvalue weighted by Gasteiger charge is 2.36. The molecule has 0 amide bonds. The average Bonchev–Trinajstić information content (AvgIpc) is 3.20. The van der Waals surface area contributed by atoms with Crippen LogP contribution < -0.4 is 4.74 Å². The van der Waals surface area contributed by atoms with Crippen LogP contribution in [0.2, 0.25) is 5.02 Å². The van der Waals surface area contributed by atoms with Crippen LogP contribution in [-0.2, 0) is 26.0 Å². The molecular weight excluding hydrogens is 529 g/mol. The molecule has 0 saturated carbocycles. The molecule has 4 rings (SSSR count). The van der Waals surface area contributed by atoms with E-state index in [1.807, 2.05) is 0 Å². The van der Waals surface area contributed by atoms with Crippen LogP contribution in [0, 0.1) is 5.82 Å². The molecule has 0 aliphatic heterocycles. The van der Waals surface area contributed by atoms with E-state index in [0.29, 0.717) is 33.5 Å². The first-order chi connectivity index (χ1) is 17.3. The van der Waals surface area contributed by atoms with Crippen molar-refractivity contribution < 1.29 is 40.6 Å². The monoisotopic (exact) mass is 544 g/mol. The molecule has 0 radical (unpaired) electrons. The van der Waals surface area contributed by atoms with Crippen LogP contribution in [0.3, 0.4) is 0 Å². The highest BCUT2D eigenvalue weighted by molar-refractivity contribution is 6.30. The van der Waals surface area contributed by atoms with E-state index in [9.17, 15) is 35.8 Å². The maximum atomic E-state index is 13.9. The van der Waals surface area contributed by atoms with Crippen molar-refractivity contribution in [2.24, 2.45) is 7.05 Å². The fourth-order valence-corrected chi connectivity index (χ4v) is 3.81. The van der Waals surface area contributed by atoms with Gasteiger partial charge in [-0.1, -0.05) is 29.8 Å². The molecule has 0 bridgehead atoms. The Hall–Kier alpha value is -3.73.